The highest BCUT2D eigenvalue weighted by Gasteiger charge is 2.13. The zero-order chi connectivity index (χ0) is 22.2. The highest BCUT2D eigenvalue weighted by molar-refractivity contribution is 5.99. The monoisotopic (exact) mass is 414 g/mol. The molecule has 1 amide bonds. The lowest BCUT2D eigenvalue weighted by Crippen LogP contribution is -2.19. The first-order valence-corrected chi connectivity index (χ1v) is 10.6. The minimum absolute atomic E-state index is 0.415. The third kappa shape index (κ3) is 5.83. The first-order valence-electron chi connectivity index (χ1n) is 10.6. The van der Waals surface area contributed by atoms with Crippen molar-refractivity contribution in [3.05, 3.63) is 101 Å². The lowest BCUT2D eigenvalue weighted by molar-refractivity contribution is 0.100. The average Bonchev–Trinajstić information content (AvgIpc) is 2.78. The van der Waals surface area contributed by atoms with E-state index in [0.717, 1.165) is 35.4 Å². The molecule has 2 N–H and O–H groups in total. The molecule has 31 heavy (non-hydrogen) atoms. The van der Waals surface area contributed by atoms with E-state index in [1.165, 1.54) is 11.1 Å². The van der Waals surface area contributed by atoms with Crippen molar-refractivity contribution in [2.45, 2.75) is 13.3 Å². The molecule has 0 spiro atoms. The van der Waals surface area contributed by atoms with Gasteiger partial charge in [0.2, 0.25) is 5.91 Å². The number of hydrogen-bond acceptors (Lipinski definition) is 3. The van der Waals surface area contributed by atoms with Gasteiger partial charge < -0.3 is 15.4 Å². The molecule has 0 fully saturated rings. The molecule has 0 radical (unpaired) electrons. The number of primary amides is 1. The molecule has 0 aliphatic heterocycles. The molecular weight excluding hydrogens is 384 g/mol. The summed E-state index contributed by atoms with van der Waals surface area (Å²) in [5.41, 5.74) is 11.7. The number of likely N-dealkylation sites (N-methyl/N-ethyl adjacent to an activating group) is 1. The Morgan fingerprint density at radius 2 is 1.35 bits per heavy atom. The Labute approximate surface area is 185 Å². The van der Waals surface area contributed by atoms with Gasteiger partial charge in [-0.05, 0) is 72.6 Å². The minimum Gasteiger partial charge on any atom is -0.492 e. The Hall–Kier alpha value is -3.37. The van der Waals surface area contributed by atoms with E-state index >= 15 is 0 Å². The first kappa shape index (κ1) is 22.3. The molecular formula is C27H30N2O2. The maximum atomic E-state index is 11.5. The van der Waals surface area contributed by atoms with Gasteiger partial charge in [0.1, 0.15) is 12.4 Å². The molecule has 3 aromatic rings. The van der Waals surface area contributed by atoms with E-state index in [4.69, 9.17) is 10.5 Å². The fourth-order valence-electron chi connectivity index (χ4n) is 3.54. The van der Waals surface area contributed by atoms with Crippen molar-refractivity contribution in [3.8, 4) is 5.75 Å². The Morgan fingerprint density at radius 3 is 1.90 bits per heavy atom. The maximum Gasteiger partial charge on any atom is 0.248 e. The molecule has 4 nitrogen and oxygen atoms in total. The molecule has 3 aromatic carbocycles. The Bertz CT molecular complexity index is 1020. The van der Waals surface area contributed by atoms with E-state index in [9.17, 15) is 4.79 Å². The Balaban J connectivity index is 2.02. The second-order valence-corrected chi connectivity index (χ2v) is 7.69. The molecule has 160 valence electrons. The van der Waals surface area contributed by atoms with Crippen LogP contribution in [-0.2, 0) is 0 Å². The zero-order valence-corrected chi connectivity index (χ0v) is 18.5. The van der Waals surface area contributed by atoms with Crippen LogP contribution in [0.25, 0.3) is 11.1 Å². The van der Waals surface area contributed by atoms with Crippen LogP contribution in [0, 0.1) is 0 Å². The van der Waals surface area contributed by atoms with Gasteiger partial charge in [0, 0.05) is 12.1 Å². The summed E-state index contributed by atoms with van der Waals surface area (Å²) in [6.07, 6.45) is 0.848. The molecule has 0 aromatic heterocycles. The summed E-state index contributed by atoms with van der Waals surface area (Å²) in [4.78, 5) is 13.6. The first-order chi connectivity index (χ1) is 15.0. The summed E-state index contributed by atoms with van der Waals surface area (Å²) in [5, 5.41) is 0. The summed E-state index contributed by atoms with van der Waals surface area (Å²) in [7, 11) is 4.07. The third-order valence-electron chi connectivity index (χ3n) is 5.19. The number of nitrogens with two attached hydrogens (primary N) is 1. The lowest BCUT2D eigenvalue weighted by Gasteiger charge is -2.17. The van der Waals surface area contributed by atoms with E-state index in [1.54, 1.807) is 12.1 Å². The van der Waals surface area contributed by atoms with Crippen LogP contribution in [0.2, 0.25) is 0 Å². The number of amides is 1. The summed E-state index contributed by atoms with van der Waals surface area (Å²) >= 11 is 0. The van der Waals surface area contributed by atoms with E-state index in [2.05, 4.69) is 48.2 Å². The van der Waals surface area contributed by atoms with Crippen LogP contribution in [0.3, 0.4) is 0 Å². The molecule has 0 atom stereocenters. The van der Waals surface area contributed by atoms with Crippen molar-refractivity contribution < 1.29 is 9.53 Å². The van der Waals surface area contributed by atoms with E-state index in [1.807, 2.05) is 44.4 Å². The summed E-state index contributed by atoms with van der Waals surface area (Å²) in [5.74, 6) is 0.448. The fraction of sp³-hybridized carbons (Fsp3) is 0.222. The number of nitrogens with zero attached hydrogens (tertiary/aromatic N) is 1. The van der Waals surface area contributed by atoms with Crippen molar-refractivity contribution in [2.75, 3.05) is 27.2 Å². The smallest absolute Gasteiger partial charge is 0.248 e. The van der Waals surface area contributed by atoms with Crippen LogP contribution in [0.4, 0.5) is 0 Å². The molecule has 0 aliphatic carbocycles. The van der Waals surface area contributed by atoms with Crippen molar-refractivity contribution in [2.24, 2.45) is 5.73 Å². The fourth-order valence-corrected chi connectivity index (χ4v) is 3.54. The van der Waals surface area contributed by atoms with Gasteiger partial charge in [-0.3, -0.25) is 4.79 Å². The van der Waals surface area contributed by atoms with Gasteiger partial charge in [0.05, 0.1) is 0 Å². The molecule has 0 saturated heterocycles. The SMILES string of the molecule is CC/C(=C(\c1ccccc1)c1ccc(OCCN(C)C)cc1)c1ccc(C(N)=O)cc1. The second-order valence-electron chi connectivity index (χ2n) is 7.69. The summed E-state index contributed by atoms with van der Waals surface area (Å²) in [6, 6.07) is 26.2. The number of carbonyl (C=O) groups excluding carboxylic acids is 1. The van der Waals surface area contributed by atoms with E-state index in [-0.39, 0.29) is 0 Å². The summed E-state index contributed by atoms with van der Waals surface area (Å²) in [6.45, 7) is 3.68. The van der Waals surface area contributed by atoms with E-state index < -0.39 is 5.91 Å². The van der Waals surface area contributed by atoms with Gasteiger partial charge in [-0.2, -0.15) is 0 Å². The van der Waals surface area contributed by atoms with Crippen LogP contribution in [0.5, 0.6) is 5.75 Å². The predicted octanol–water partition coefficient (Wildman–Crippen LogP) is 5.10. The van der Waals surface area contributed by atoms with Crippen LogP contribution < -0.4 is 10.5 Å². The van der Waals surface area contributed by atoms with Crippen LogP contribution >= 0.6 is 0 Å². The van der Waals surface area contributed by atoms with Crippen molar-refractivity contribution in [3.63, 3.8) is 0 Å². The number of allylic oxidation sites excluding steroid dienone is 1. The predicted molar refractivity (Wildman–Crippen MR) is 128 cm³/mol. The number of benzene rings is 3. The highest BCUT2D eigenvalue weighted by Crippen LogP contribution is 2.35. The largest absolute Gasteiger partial charge is 0.492 e. The van der Waals surface area contributed by atoms with Crippen LogP contribution in [-0.4, -0.2) is 38.1 Å². The standard InChI is InChI=1S/C27H30N2O2/c1-4-25(20-10-12-23(13-11-20)27(28)30)26(21-8-6-5-7-9-21)22-14-16-24(17-15-22)31-19-18-29(2)3/h5-17H,4,18-19H2,1-3H3,(H2,28,30)/b26-25-. The average molecular weight is 415 g/mol. The van der Waals surface area contributed by atoms with Crippen molar-refractivity contribution in [1.82, 2.24) is 4.90 Å². The highest BCUT2D eigenvalue weighted by atomic mass is 16.5. The summed E-state index contributed by atoms with van der Waals surface area (Å²) < 4.78 is 5.86. The van der Waals surface area contributed by atoms with Crippen molar-refractivity contribution in [1.29, 1.82) is 0 Å². The van der Waals surface area contributed by atoms with Gasteiger partial charge in [-0.15, -0.1) is 0 Å². The van der Waals surface area contributed by atoms with Crippen LogP contribution in [0.15, 0.2) is 78.9 Å². The molecule has 4 heteroatoms. The molecule has 0 saturated carbocycles. The topological polar surface area (TPSA) is 55.6 Å². The second kappa shape index (κ2) is 10.6. The number of rotatable bonds is 9. The van der Waals surface area contributed by atoms with Gasteiger partial charge in [0.15, 0.2) is 0 Å². The number of ether oxygens (including phenoxy) is 1. The molecule has 0 bridgehead atoms. The lowest BCUT2D eigenvalue weighted by atomic mass is 9.88. The zero-order valence-electron chi connectivity index (χ0n) is 18.5. The number of carbonyl (C=O) groups is 1. The number of hydrogen-bond donors (Lipinski definition) is 1. The quantitative estimate of drug-likeness (QED) is 0.496. The Kier molecular flexibility index (Phi) is 7.63. The molecule has 0 unspecified atom stereocenters. The van der Waals surface area contributed by atoms with Gasteiger partial charge in [-0.1, -0.05) is 61.5 Å². The molecule has 0 aliphatic rings. The van der Waals surface area contributed by atoms with Gasteiger partial charge >= 0.3 is 0 Å². The maximum absolute atomic E-state index is 11.5. The third-order valence-corrected chi connectivity index (χ3v) is 5.19. The minimum atomic E-state index is -0.415. The van der Waals surface area contributed by atoms with Gasteiger partial charge in [0.25, 0.3) is 0 Å². The van der Waals surface area contributed by atoms with Crippen LogP contribution in [0.1, 0.15) is 40.4 Å². The van der Waals surface area contributed by atoms with Crippen molar-refractivity contribution >= 4 is 17.1 Å². The Morgan fingerprint density at radius 1 is 0.806 bits per heavy atom. The molecule has 3 rings (SSSR count). The van der Waals surface area contributed by atoms with E-state index in [0.29, 0.717) is 12.2 Å². The molecule has 0 heterocycles. The normalized spacial score (nSPS) is 11.9. The van der Waals surface area contributed by atoms with Gasteiger partial charge in [-0.25, -0.2) is 0 Å².